The van der Waals surface area contributed by atoms with Gasteiger partial charge < -0.3 is 14.8 Å². The summed E-state index contributed by atoms with van der Waals surface area (Å²) in [5.74, 6) is -0.246. The van der Waals surface area contributed by atoms with E-state index in [1.165, 1.54) is 35.6 Å². The van der Waals surface area contributed by atoms with Crippen LogP contribution in [0.25, 0.3) is 12.2 Å². The molecule has 5 aliphatic rings. The number of allylic oxidation sites excluding steroid dienone is 7. The highest BCUT2D eigenvalue weighted by atomic mass is 16.5. The predicted octanol–water partition coefficient (Wildman–Crippen LogP) is 7.68. The monoisotopic (exact) mass is 564 g/mol. The van der Waals surface area contributed by atoms with Gasteiger partial charge in [-0.3, -0.25) is 9.79 Å². The number of nitrogens with zero attached hydrogens (tertiary/aromatic N) is 3. The molecule has 8 bridgehead atoms. The van der Waals surface area contributed by atoms with E-state index in [2.05, 4.69) is 58.7 Å². The van der Waals surface area contributed by atoms with Crippen LogP contribution in [0.2, 0.25) is 0 Å². The van der Waals surface area contributed by atoms with Gasteiger partial charge in [-0.1, -0.05) is 20.8 Å². The molecule has 1 aliphatic carbocycles. The maximum absolute atomic E-state index is 12.2. The van der Waals surface area contributed by atoms with Gasteiger partial charge in [0.15, 0.2) is 0 Å². The smallest absolute Gasteiger partial charge is 0.305 e. The van der Waals surface area contributed by atoms with E-state index in [1.807, 2.05) is 0 Å². The third kappa shape index (κ3) is 4.24. The van der Waals surface area contributed by atoms with E-state index < -0.39 is 0 Å². The van der Waals surface area contributed by atoms with Gasteiger partial charge in [0.2, 0.25) is 0 Å². The lowest BCUT2D eigenvalue weighted by molar-refractivity contribution is -0.140. The van der Waals surface area contributed by atoms with E-state index in [0.29, 0.717) is 18.4 Å². The summed E-state index contributed by atoms with van der Waals surface area (Å²) in [5.41, 5.74) is 16.7. The average molecular weight is 565 g/mol. The molecule has 1 fully saturated rings. The van der Waals surface area contributed by atoms with E-state index >= 15 is 0 Å². The van der Waals surface area contributed by atoms with Gasteiger partial charge in [-0.2, -0.15) is 0 Å². The zero-order valence-corrected chi connectivity index (χ0v) is 25.7. The first-order valence-corrected chi connectivity index (χ1v) is 15.2. The van der Waals surface area contributed by atoms with Crippen molar-refractivity contribution < 1.29 is 14.6 Å². The van der Waals surface area contributed by atoms with Crippen LogP contribution >= 0.6 is 0 Å². The van der Waals surface area contributed by atoms with E-state index in [4.69, 9.17) is 19.7 Å². The summed E-state index contributed by atoms with van der Waals surface area (Å²) < 4.78 is 5.00. The number of aromatic nitrogens is 1. The highest BCUT2D eigenvalue weighted by Crippen LogP contribution is 2.47. The van der Waals surface area contributed by atoms with Crippen LogP contribution in [0.4, 0.5) is 0 Å². The lowest BCUT2D eigenvalue weighted by Crippen LogP contribution is -2.22. The van der Waals surface area contributed by atoms with Crippen LogP contribution in [0, 0.1) is 18.8 Å². The summed E-state index contributed by atoms with van der Waals surface area (Å²) >= 11 is 0. The first-order chi connectivity index (χ1) is 20.2. The molecule has 5 heterocycles. The van der Waals surface area contributed by atoms with E-state index in [0.717, 1.165) is 88.0 Å². The second kappa shape index (κ2) is 10.7. The van der Waals surface area contributed by atoms with Gasteiger partial charge in [0.25, 0.3) is 0 Å². The number of aliphatic imine (C=N–C) groups is 3. The summed E-state index contributed by atoms with van der Waals surface area (Å²) in [7, 11) is 1.43. The minimum Gasteiger partial charge on any atom is -0.515 e. The molecule has 218 valence electrons. The van der Waals surface area contributed by atoms with Crippen molar-refractivity contribution in [1.82, 2.24) is 4.98 Å². The van der Waals surface area contributed by atoms with Crippen LogP contribution in [-0.2, 0) is 16.0 Å². The number of H-pyrrole nitrogens is 1. The minimum absolute atomic E-state index is 0.00181. The molecule has 0 spiro atoms. The Morgan fingerprint density at radius 2 is 1.71 bits per heavy atom. The standard InChI is InChI=1S/C35H40N4O3/c1-8-21-17(3)27-14-30-22(9-2)19(5)32(38-30)26(16-40)33-20(6)24(12-13-31(41)42-7)35(39-33)25-11-10-23-18(4)28(37-34(23)25)15-29(21)36-27/h14-16,20,24,36,40H,8-13H2,1-7H3/b26-16-,28-15?,30-14?,35-25?/t20-,24-/m0/s1. The number of aromatic amines is 1. The number of hydrogen-bond acceptors (Lipinski definition) is 6. The first kappa shape index (κ1) is 28.1. The van der Waals surface area contributed by atoms with Gasteiger partial charge in [0.1, 0.15) is 0 Å². The van der Waals surface area contributed by atoms with Gasteiger partial charge in [-0.25, -0.2) is 9.98 Å². The van der Waals surface area contributed by atoms with Gasteiger partial charge in [0.05, 0.1) is 47.5 Å². The Hall–Kier alpha value is -4.00. The summed E-state index contributed by atoms with van der Waals surface area (Å²) in [4.78, 5) is 31.6. The summed E-state index contributed by atoms with van der Waals surface area (Å²) in [6, 6.07) is 0. The van der Waals surface area contributed by atoms with E-state index in [1.54, 1.807) is 0 Å². The molecule has 2 N–H and O–H groups in total. The van der Waals surface area contributed by atoms with Crippen molar-refractivity contribution in [3.63, 3.8) is 0 Å². The van der Waals surface area contributed by atoms with E-state index in [-0.39, 0.29) is 17.8 Å². The van der Waals surface area contributed by atoms with Gasteiger partial charge >= 0.3 is 5.97 Å². The lowest BCUT2D eigenvalue weighted by Gasteiger charge is -2.19. The Kier molecular flexibility index (Phi) is 7.16. The molecule has 4 aliphatic heterocycles. The third-order valence-corrected chi connectivity index (χ3v) is 9.82. The van der Waals surface area contributed by atoms with Crippen molar-refractivity contribution in [1.29, 1.82) is 0 Å². The molecule has 42 heavy (non-hydrogen) atoms. The molecule has 0 unspecified atom stereocenters. The quantitative estimate of drug-likeness (QED) is 0.283. The zero-order chi connectivity index (χ0) is 29.9. The molecule has 2 atom stereocenters. The second-order valence-corrected chi connectivity index (χ2v) is 11.9. The number of carbonyl (C=O) groups is 1. The number of carbonyl (C=O) groups excluding carboxylic acids is 1. The normalized spacial score (nSPS) is 24.0. The van der Waals surface area contributed by atoms with Crippen LogP contribution in [-0.4, -0.2) is 40.3 Å². The SMILES string of the molecule is CCC1=C(C)C2=NC1=Cc1[nH]c(c(CC)c1C)C=C1N=C3C(=C1C)CCC3=C1N=C(/C2=C\O)[C@@H](C)[C@@H]1CCC(=O)OC. The van der Waals surface area contributed by atoms with Crippen molar-refractivity contribution in [2.75, 3.05) is 7.11 Å². The van der Waals surface area contributed by atoms with Crippen molar-refractivity contribution in [3.05, 3.63) is 79.3 Å². The lowest BCUT2D eigenvalue weighted by atomic mass is 9.82. The number of ether oxygens (including phenoxy) is 1. The van der Waals surface area contributed by atoms with Crippen molar-refractivity contribution in [2.45, 2.75) is 80.1 Å². The van der Waals surface area contributed by atoms with Crippen LogP contribution in [0.5, 0.6) is 0 Å². The topological polar surface area (TPSA) is 99.4 Å². The molecule has 1 aromatic heterocycles. The largest absolute Gasteiger partial charge is 0.515 e. The molecule has 6 rings (SSSR count). The molecule has 0 saturated heterocycles. The van der Waals surface area contributed by atoms with Crippen molar-refractivity contribution in [3.8, 4) is 0 Å². The van der Waals surface area contributed by atoms with E-state index in [9.17, 15) is 9.90 Å². The Balaban J connectivity index is 1.63. The highest BCUT2D eigenvalue weighted by Gasteiger charge is 2.41. The Morgan fingerprint density at radius 3 is 2.40 bits per heavy atom. The Bertz CT molecular complexity index is 1700. The number of methoxy groups -OCH3 is 1. The predicted molar refractivity (Wildman–Crippen MR) is 170 cm³/mol. The van der Waals surface area contributed by atoms with Crippen molar-refractivity contribution in [2.24, 2.45) is 26.8 Å². The van der Waals surface area contributed by atoms with Crippen molar-refractivity contribution >= 4 is 35.3 Å². The number of fused-ring (bicyclic) bond motifs is 5. The third-order valence-electron chi connectivity index (χ3n) is 9.82. The molecule has 7 heteroatoms. The van der Waals surface area contributed by atoms with Gasteiger partial charge in [-0.15, -0.1) is 0 Å². The maximum Gasteiger partial charge on any atom is 0.305 e. The molecule has 0 aromatic carbocycles. The number of nitrogens with one attached hydrogen (secondary N) is 1. The van der Waals surface area contributed by atoms with Crippen LogP contribution in [0.15, 0.2) is 71.8 Å². The number of rotatable bonds is 5. The number of aliphatic hydroxyl groups excluding tert-OH is 1. The zero-order valence-electron chi connectivity index (χ0n) is 25.7. The fraction of sp³-hybridized carbons (Fsp3) is 0.429. The number of hydrogen-bond donors (Lipinski definition) is 2. The number of aliphatic hydroxyl groups is 1. The first-order valence-electron chi connectivity index (χ1n) is 15.2. The highest BCUT2D eigenvalue weighted by molar-refractivity contribution is 6.32. The molecule has 0 radical (unpaired) electrons. The molecular formula is C35H40N4O3. The van der Waals surface area contributed by atoms with Crippen LogP contribution < -0.4 is 0 Å². The van der Waals surface area contributed by atoms with Gasteiger partial charge in [-0.05, 0) is 98.4 Å². The Labute approximate surface area is 248 Å². The van der Waals surface area contributed by atoms with Crippen LogP contribution in [0.3, 0.4) is 0 Å². The molecular weight excluding hydrogens is 524 g/mol. The molecule has 1 saturated carbocycles. The summed E-state index contributed by atoms with van der Waals surface area (Å²) in [5, 5.41) is 10.7. The van der Waals surface area contributed by atoms with Crippen LogP contribution in [0.1, 0.15) is 89.2 Å². The minimum atomic E-state index is -0.226. The molecule has 1 aromatic rings. The number of esters is 1. The fourth-order valence-electron chi connectivity index (χ4n) is 7.38. The summed E-state index contributed by atoms with van der Waals surface area (Å²) in [6.45, 7) is 12.9. The van der Waals surface area contributed by atoms with Gasteiger partial charge in [0, 0.05) is 40.9 Å². The Morgan fingerprint density at radius 1 is 1.00 bits per heavy atom. The average Bonchev–Trinajstić information content (AvgIpc) is 3.75. The summed E-state index contributed by atoms with van der Waals surface area (Å²) in [6.07, 6.45) is 9.96. The fourth-order valence-corrected chi connectivity index (χ4v) is 7.38. The molecule has 7 nitrogen and oxygen atoms in total. The maximum atomic E-state index is 12.2. The molecule has 0 amide bonds. The second-order valence-electron chi connectivity index (χ2n) is 11.9.